The zero-order chi connectivity index (χ0) is 9.86. The lowest BCUT2D eigenvalue weighted by Gasteiger charge is -2.38. The van der Waals surface area contributed by atoms with Gasteiger partial charge < -0.3 is 10.4 Å². The molecule has 2 N–H and O–H groups in total. The number of piperidine rings is 1. The van der Waals surface area contributed by atoms with E-state index in [1.165, 1.54) is 44.9 Å². The Labute approximate surface area is 87.1 Å². The van der Waals surface area contributed by atoms with E-state index in [0.29, 0.717) is 6.61 Å². The number of hydrogen-bond acceptors (Lipinski definition) is 2. The van der Waals surface area contributed by atoms with Crippen molar-refractivity contribution < 1.29 is 5.11 Å². The molecule has 2 fully saturated rings. The van der Waals surface area contributed by atoms with Crippen LogP contribution >= 0.6 is 0 Å². The molecule has 1 heterocycles. The smallest absolute Gasteiger partial charge is 0.0488 e. The minimum Gasteiger partial charge on any atom is -0.396 e. The van der Waals surface area contributed by atoms with Gasteiger partial charge in [-0.1, -0.05) is 25.7 Å². The maximum atomic E-state index is 9.57. The molecule has 2 nitrogen and oxygen atoms in total. The first kappa shape index (κ1) is 10.4. The van der Waals surface area contributed by atoms with Gasteiger partial charge in [-0.3, -0.25) is 0 Å². The number of hydrogen-bond donors (Lipinski definition) is 2. The molecule has 1 saturated carbocycles. The summed E-state index contributed by atoms with van der Waals surface area (Å²) in [6, 6.07) is 0. The largest absolute Gasteiger partial charge is 0.396 e. The highest BCUT2D eigenvalue weighted by Crippen LogP contribution is 2.40. The highest BCUT2D eigenvalue weighted by molar-refractivity contribution is 4.87. The summed E-state index contributed by atoms with van der Waals surface area (Å²) < 4.78 is 0. The lowest BCUT2D eigenvalue weighted by Crippen LogP contribution is -2.40. The molecule has 1 saturated heterocycles. The van der Waals surface area contributed by atoms with Crippen LogP contribution in [-0.4, -0.2) is 24.8 Å². The van der Waals surface area contributed by atoms with Gasteiger partial charge in [0.25, 0.3) is 0 Å². The van der Waals surface area contributed by atoms with Crippen LogP contribution in [0.2, 0.25) is 0 Å². The van der Waals surface area contributed by atoms with Crippen molar-refractivity contribution in [3.05, 3.63) is 0 Å². The molecular weight excluding hydrogens is 174 g/mol. The molecule has 2 heteroatoms. The van der Waals surface area contributed by atoms with Crippen LogP contribution in [0.3, 0.4) is 0 Å². The Kier molecular flexibility index (Phi) is 3.45. The summed E-state index contributed by atoms with van der Waals surface area (Å²) in [5.74, 6) is 0.917. The van der Waals surface area contributed by atoms with Crippen LogP contribution in [0.5, 0.6) is 0 Å². The van der Waals surface area contributed by atoms with Crippen LogP contribution in [0.4, 0.5) is 0 Å². The van der Waals surface area contributed by atoms with E-state index >= 15 is 0 Å². The fourth-order valence-electron chi connectivity index (χ4n) is 3.21. The van der Waals surface area contributed by atoms with Crippen molar-refractivity contribution in [3.8, 4) is 0 Å². The standard InChI is InChI=1S/C12H23NO/c14-10-12(5-7-13-8-6-12)9-11-3-1-2-4-11/h11,13-14H,1-10H2. The SMILES string of the molecule is OCC1(CC2CCCC2)CCNCC1. The van der Waals surface area contributed by atoms with Crippen LogP contribution in [0, 0.1) is 11.3 Å². The number of nitrogens with one attached hydrogen (secondary N) is 1. The summed E-state index contributed by atoms with van der Waals surface area (Å²) in [7, 11) is 0. The Morgan fingerprint density at radius 3 is 2.36 bits per heavy atom. The van der Waals surface area contributed by atoms with Crippen LogP contribution in [0.1, 0.15) is 44.9 Å². The van der Waals surface area contributed by atoms with E-state index in [9.17, 15) is 5.11 Å². The zero-order valence-electron chi connectivity index (χ0n) is 9.10. The second-order valence-electron chi connectivity index (χ2n) is 5.26. The van der Waals surface area contributed by atoms with Crippen LogP contribution in [-0.2, 0) is 0 Å². The molecular formula is C12H23NO. The van der Waals surface area contributed by atoms with Crippen molar-refractivity contribution in [3.63, 3.8) is 0 Å². The molecule has 0 aromatic carbocycles. The summed E-state index contributed by atoms with van der Waals surface area (Å²) in [6.07, 6.45) is 9.31. The van der Waals surface area contributed by atoms with E-state index in [-0.39, 0.29) is 5.41 Å². The van der Waals surface area contributed by atoms with Gasteiger partial charge in [0.05, 0.1) is 0 Å². The Balaban J connectivity index is 1.89. The van der Waals surface area contributed by atoms with E-state index < -0.39 is 0 Å². The third kappa shape index (κ3) is 2.29. The maximum absolute atomic E-state index is 9.57. The molecule has 0 aromatic heterocycles. The number of rotatable bonds is 3. The van der Waals surface area contributed by atoms with Gasteiger partial charge in [0.15, 0.2) is 0 Å². The molecule has 0 radical (unpaired) electrons. The first-order valence-corrected chi connectivity index (χ1v) is 6.16. The molecule has 1 aliphatic carbocycles. The van der Waals surface area contributed by atoms with Crippen molar-refractivity contribution in [2.45, 2.75) is 44.9 Å². The fraction of sp³-hybridized carbons (Fsp3) is 1.00. The molecule has 2 aliphatic rings. The summed E-state index contributed by atoms with van der Waals surface area (Å²) in [5.41, 5.74) is 0.278. The predicted molar refractivity (Wildman–Crippen MR) is 58.2 cm³/mol. The number of aliphatic hydroxyl groups excluding tert-OH is 1. The number of aliphatic hydroxyl groups is 1. The third-order valence-corrected chi connectivity index (χ3v) is 4.20. The Morgan fingerprint density at radius 1 is 1.14 bits per heavy atom. The van der Waals surface area contributed by atoms with Crippen molar-refractivity contribution >= 4 is 0 Å². The van der Waals surface area contributed by atoms with Crippen molar-refractivity contribution in [2.75, 3.05) is 19.7 Å². The van der Waals surface area contributed by atoms with Crippen LogP contribution in [0.25, 0.3) is 0 Å². The molecule has 0 atom stereocenters. The third-order valence-electron chi connectivity index (χ3n) is 4.20. The fourth-order valence-corrected chi connectivity index (χ4v) is 3.21. The van der Waals surface area contributed by atoms with Gasteiger partial charge in [-0.05, 0) is 43.7 Å². The molecule has 0 spiro atoms. The van der Waals surface area contributed by atoms with E-state index in [1.54, 1.807) is 0 Å². The minimum atomic E-state index is 0.278. The average Bonchev–Trinajstić information content (AvgIpc) is 2.72. The molecule has 0 amide bonds. The van der Waals surface area contributed by atoms with E-state index in [1.807, 2.05) is 0 Å². The van der Waals surface area contributed by atoms with Crippen molar-refractivity contribution in [2.24, 2.45) is 11.3 Å². The van der Waals surface area contributed by atoms with E-state index in [4.69, 9.17) is 0 Å². The summed E-state index contributed by atoms with van der Waals surface area (Å²) in [5, 5.41) is 13.0. The van der Waals surface area contributed by atoms with Crippen molar-refractivity contribution in [1.82, 2.24) is 5.32 Å². The Morgan fingerprint density at radius 2 is 1.79 bits per heavy atom. The van der Waals surface area contributed by atoms with Gasteiger partial charge in [0, 0.05) is 6.61 Å². The molecule has 82 valence electrons. The normalized spacial score (nSPS) is 28.1. The highest BCUT2D eigenvalue weighted by Gasteiger charge is 2.34. The molecule has 0 aromatic rings. The Bertz CT molecular complexity index is 169. The van der Waals surface area contributed by atoms with Gasteiger partial charge in [0.1, 0.15) is 0 Å². The quantitative estimate of drug-likeness (QED) is 0.724. The van der Waals surface area contributed by atoms with Gasteiger partial charge in [-0.15, -0.1) is 0 Å². The van der Waals surface area contributed by atoms with Crippen LogP contribution < -0.4 is 5.32 Å². The first-order valence-electron chi connectivity index (χ1n) is 6.16. The summed E-state index contributed by atoms with van der Waals surface area (Å²) >= 11 is 0. The van der Waals surface area contributed by atoms with Gasteiger partial charge in [-0.2, -0.15) is 0 Å². The maximum Gasteiger partial charge on any atom is 0.0488 e. The second kappa shape index (κ2) is 4.63. The van der Waals surface area contributed by atoms with E-state index in [0.717, 1.165) is 19.0 Å². The highest BCUT2D eigenvalue weighted by atomic mass is 16.3. The molecule has 2 rings (SSSR count). The monoisotopic (exact) mass is 197 g/mol. The summed E-state index contributed by atoms with van der Waals surface area (Å²) in [6.45, 7) is 2.62. The van der Waals surface area contributed by atoms with Gasteiger partial charge in [-0.25, -0.2) is 0 Å². The van der Waals surface area contributed by atoms with Crippen molar-refractivity contribution in [1.29, 1.82) is 0 Å². The minimum absolute atomic E-state index is 0.278. The Hall–Kier alpha value is -0.0800. The lowest BCUT2D eigenvalue weighted by molar-refractivity contribution is 0.0636. The summed E-state index contributed by atoms with van der Waals surface area (Å²) in [4.78, 5) is 0. The first-order chi connectivity index (χ1) is 6.85. The molecule has 1 aliphatic heterocycles. The second-order valence-corrected chi connectivity index (χ2v) is 5.26. The van der Waals surface area contributed by atoms with Gasteiger partial charge in [0.2, 0.25) is 0 Å². The lowest BCUT2D eigenvalue weighted by atomic mass is 9.73. The molecule has 0 unspecified atom stereocenters. The topological polar surface area (TPSA) is 32.3 Å². The zero-order valence-corrected chi connectivity index (χ0v) is 9.10. The molecule has 14 heavy (non-hydrogen) atoms. The predicted octanol–water partition coefficient (Wildman–Crippen LogP) is 1.93. The molecule has 0 bridgehead atoms. The van der Waals surface area contributed by atoms with E-state index in [2.05, 4.69) is 5.32 Å². The average molecular weight is 197 g/mol. The van der Waals surface area contributed by atoms with Gasteiger partial charge >= 0.3 is 0 Å². The van der Waals surface area contributed by atoms with Crippen LogP contribution in [0.15, 0.2) is 0 Å².